The summed E-state index contributed by atoms with van der Waals surface area (Å²) in [7, 11) is 0. The Morgan fingerprint density at radius 1 is 1.03 bits per heavy atom. The molecule has 1 aromatic heterocycles. The number of hydrogen-bond donors (Lipinski definition) is 1. The summed E-state index contributed by atoms with van der Waals surface area (Å²) in [5.41, 5.74) is 2.74. The minimum atomic E-state index is -0.371. The fourth-order valence-corrected chi connectivity index (χ4v) is 5.11. The van der Waals surface area contributed by atoms with Crippen LogP contribution in [0.15, 0.2) is 66.7 Å². The number of aromatic nitrogens is 1. The molecule has 0 saturated carbocycles. The second-order valence-electron chi connectivity index (χ2n) is 8.70. The molecule has 5 nitrogen and oxygen atoms in total. The number of anilines is 2. The van der Waals surface area contributed by atoms with Crippen LogP contribution in [-0.2, 0) is 6.42 Å². The summed E-state index contributed by atoms with van der Waals surface area (Å²) in [5.74, 6) is 0.434. The van der Waals surface area contributed by atoms with Crippen LogP contribution in [-0.4, -0.2) is 47.9 Å². The van der Waals surface area contributed by atoms with Gasteiger partial charge in [0, 0.05) is 49.4 Å². The van der Waals surface area contributed by atoms with E-state index >= 15 is 0 Å². The lowest BCUT2D eigenvalue weighted by Gasteiger charge is -2.35. The van der Waals surface area contributed by atoms with Gasteiger partial charge in [0.25, 0.3) is 5.91 Å². The third-order valence-electron chi connectivity index (χ3n) is 6.37. The largest absolute Gasteiger partial charge is 0.353 e. The Morgan fingerprint density at radius 3 is 2.68 bits per heavy atom. The van der Waals surface area contributed by atoms with Gasteiger partial charge >= 0.3 is 0 Å². The minimum Gasteiger partial charge on any atom is -0.353 e. The number of halogens is 1. The summed E-state index contributed by atoms with van der Waals surface area (Å²) < 4.78 is 19.7. The molecule has 0 spiro atoms. The average molecular weight is 475 g/mol. The van der Waals surface area contributed by atoms with E-state index in [4.69, 9.17) is 4.37 Å². The maximum atomic E-state index is 13.8. The van der Waals surface area contributed by atoms with E-state index < -0.39 is 0 Å². The van der Waals surface area contributed by atoms with Gasteiger partial charge in [-0.05, 0) is 72.4 Å². The van der Waals surface area contributed by atoms with E-state index in [0.29, 0.717) is 11.1 Å². The first kappa shape index (κ1) is 22.5. The highest BCUT2D eigenvalue weighted by Crippen LogP contribution is 2.29. The lowest BCUT2D eigenvalue weighted by molar-refractivity contribution is 0.102. The molecule has 1 saturated heterocycles. The van der Waals surface area contributed by atoms with Crippen molar-refractivity contribution in [3.63, 3.8) is 0 Å². The first-order valence-corrected chi connectivity index (χ1v) is 12.3. The molecule has 2 heterocycles. The van der Waals surface area contributed by atoms with Gasteiger partial charge in [-0.25, -0.2) is 4.39 Å². The lowest BCUT2D eigenvalue weighted by Crippen LogP contribution is -2.47. The van der Waals surface area contributed by atoms with Gasteiger partial charge in [-0.3, -0.25) is 9.69 Å². The number of hydrogen-bond acceptors (Lipinski definition) is 5. The van der Waals surface area contributed by atoms with Crippen molar-refractivity contribution in [3.05, 3.63) is 89.2 Å². The van der Waals surface area contributed by atoms with E-state index in [1.54, 1.807) is 30.6 Å². The number of nitrogens with zero attached hydrogens (tertiary/aromatic N) is 3. The Hall–Kier alpha value is -3.29. The highest BCUT2D eigenvalue weighted by molar-refractivity contribution is 7.13. The van der Waals surface area contributed by atoms with Gasteiger partial charge in [-0.2, -0.15) is 4.37 Å². The van der Waals surface area contributed by atoms with Gasteiger partial charge in [0.1, 0.15) is 11.6 Å². The number of carbonyl (C=O) groups is 1. The first-order valence-electron chi connectivity index (χ1n) is 11.5. The van der Waals surface area contributed by atoms with Crippen molar-refractivity contribution >= 4 is 39.0 Å². The Balaban J connectivity index is 1.14. The molecule has 1 amide bonds. The summed E-state index contributed by atoms with van der Waals surface area (Å²) in [4.78, 5) is 17.4. The van der Waals surface area contributed by atoms with E-state index in [-0.39, 0.29) is 11.7 Å². The molecule has 34 heavy (non-hydrogen) atoms. The number of rotatable bonds is 6. The summed E-state index contributed by atoms with van der Waals surface area (Å²) in [6.07, 6.45) is 0.905. The van der Waals surface area contributed by atoms with E-state index in [9.17, 15) is 9.18 Å². The van der Waals surface area contributed by atoms with Crippen LogP contribution in [0.1, 0.15) is 21.5 Å². The maximum absolute atomic E-state index is 13.8. The van der Waals surface area contributed by atoms with Crippen molar-refractivity contribution in [2.45, 2.75) is 13.3 Å². The second-order valence-corrected chi connectivity index (χ2v) is 9.50. The number of aryl methyl sites for hydroxylation is 1. The lowest BCUT2D eigenvalue weighted by atomic mass is 10.1. The molecule has 174 valence electrons. The zero-order chi connectivity index (χ0) is 23.5. The molecule has 3 aromatic carbocycles. The number of amides is 1. The van der Waals surface area contributed by atoms with Gasteiger partial charge in [0.15, 0.2) is 0 Å². The average Bonchev–Trinajstić information content (AvgIpc) is 3.29. The summed E-state index contributed by atoms with van der Waals surface area (Å²) in [5, 5.41) is 4.13. The molecular weight excluding hydrogens is 447 g/mol. The molecular formula is C27H27FN4OS. The van der Waals surface area contributed by atoms with Crippen LogP contribution in [0, 0.1) is 12.7 Å². The predicted octanol–water partition coefficient (Wildman–Crippen LogP) is 5.36. The molecule has 0 unspecified atom stereocenters. The molecule has 0 aliphatic carbocycles. The molecule has 0 radical (unpaired) electrons. The van der Waals surface area contributed by atoms with Crippen molar-refractivity contribution < 1.29 is 9.18 Å². The summed E-state index contributed by atoms with van der Waals surface area (Å²) >= 11 is 1.57. The molecule has 7 heteroatoms. The quantitative estimate of drug-likeness (QED) is 0.409. The molecule has 1 aliphatic heterocycles. The van der Waals surface area contributed by atoms with Gasteiger partial charge in [-0.1, -0.05) is 30.3 Å². The van der Waals surface area contributed by atoms with E-state index in [1.807, 2.05) is 18.2 Å². The van der Waals surface area contributed by atoms with Crippen molar-refractivity contribution in [1.29, 1.82) is 0 Å². The Morgan fingerprint density at radius 2 is 1.85 bits per heavy atom. The van der Waals surface area contributed by atoms with Crippen molar-refractivity contribution in [2.75, 3.05) is 42.9 Å². The Kier molecular flexibility index (Phi) is 6.56. The highest BCUT2D eigenvalue weighted by Gasteiger charge is 2.20. The predicted molar refractivity (Wildman–Crippen MR) is 138 cm³/mol. The fraction of sp³-hybridized carbons (Fsp3) is 0.259. The van der Waals surface area contributed by atoms with Crippen LogP contribution in [0.5, 0.6) is 0 Å². The van der Waals surface area contributed by atoms with Crippen molar-refractivity contribution in [2.24, 2.45) is 0 Å². The number of fused-ring (bicyclic) bond motifs is 1. The van der Waals surface area contributed by atoms with E-state index in [1.165, 1.54) is 21.7 Å². The number of nitrogens with one attached hydrogen (secondary N) is 1. The number of carbonyl (C=O) groups excluding carboxylic acids is 1. The fourth-order valence-electron chi connectivity index (χ4n) is 4.31. The minimum absolute atomic E-state index is 0.304. The second kappa shape index (κ2) is 9.91. The van der Waals surface area contributed by atoms with Crippen LogP contribution in [0.4, 0.5) is 15.9 Å². The molecule has 0 bridgehead atoms. The molecule has 1 aliphatic rings. The van der Waals surface area contributed by atoms with Crippen LogP contribution < -0.4 is 10.2 Å². The first-order chi connectivity index (χ1) is 16.6. The third-order valence-corrected chi connectivity index (χ3v) is 7.18. The van der Waals surface area contributed by atoms with Gasteiger partial charge in [-0.15, -0.1) is 0 Å². The monoisotopic (exact) mass is 474 g/mol. The van der Waals surface area contributed by atoms with Crippen LogP contribution in [0.3, 0.4) is 0 Å². The number of benzene rings is 3. The molecule has 1 N–H and O–H groups in total. The molecule has 1 fully saturated rings. The van der Waals surface area contributed by atoms with E-state index in [2.05, 4.69) is 45.4 Å². The molecule has 4 aromatic rings. The smallest absolute Gasteiger partial charge is 0.255 e. The number of piperazine rings is 1. The zero-order valence-corrected chi connectivity index (χ0v) is 19.9. The van der Waals surface area contributed by atoms with Crippen LogP contribution in [0.2, 0.25) is 0 Å². The summed E-state index contributed by atoms with van der Waals surface area (Å²) in [6, 6.07) is 20.9. The van der Waals surface area contributed by atoms with Gasteiger partial charge in [0.2, 0.25) is 0 Å². The highest BCUT2D eigenvalue weighted by atomic mass is 32.1. The Labute approximate surface area is 203 Å². The third kappa shape index (κ3) is 4.95. The SMILES string of the molecule is Cc1ccc(C(=O)Nc2cccc(CCN3CCN(c4nsc5ccccc45)CC3)c2)cc1F. The molecule has 0 atom stereocenters. The van der Waals surface area contributed by atoms with Gasteiger partial charge < -0.3 is 10.2 Å². The zero-order valence-electron chi connectivity index (χ0n) is 19.1. The Bertz CT molecular complexity index is 1310. The van der Waals surface area contributed by atoms with Crippen molar-refractivity contribution in [3.8, 4) is 0 Å². The van der Waals surface area contributed by atoms with Gasteiger partial charge in [0.05, 0.1) is 4.70 Å². The van der Waals surface area contributed by atoms with Crippen molar-refractivity contribution in [1.82, 2.24) is 9.27 Å². The normalized spacial score (nSPS) is 14.5. The topological polar surface area (TPSA) is 48.5 Å². The van der Waals surface area contributed by atoms with Crippen LogP contribution in [0.25, 0.3) is 10.1 Å². The maximum Gasteiger partial charge on any atom is 0.255 e. The molecule has 5 rings (SSSR count). The van der Waals surface area contributed by atoms with E-state index in [0.717, 1.165) is 50.6 Å². The van der Waals surface area contributed by atoms with Crippen LogP contribution >= 0.6 is 11.5 Å². The standard InChI is InChI=1S/C27H27FN4OS/c1-19-9-10-21(18-24(19)28)27(33)29-22-6-4-5-20(17-22)11-12-31-13-15-32(16-14-31)26-23-7-2-3-8-25(23)34-30-26/h2-10,17-18H,11-16H2,1H3,(H,29,33). The summed E-state index contributed by atoms with van der Waals surface area (Å²) in [6.45, 7) is 6.59.